The van der Waals surface area contributed by atoms with Gasteiger partial charge in [0.25, 0.3) is 0 Å². The van der Waals surface area contributed by atoms with E-state index in [0.717, 1.165) is 13.2 Å². The molecule has 0 aliphatic rings. The molecule has 0 heterocycles. The molecule has 150 valence electrons. The van der Waals surface area contributed by atoms with Crippen LogP contribution in [0.15, 0.2) is 0 Å². The second kappa shape index (κ2) is 34.1. The van der Waals surface area contributed by atoms with Crippen LogP contribution in [0, 0.1) is 0 Å². The smallest absolute Gasteiger partial charge is 0.0701 e. The first kappa shape index (κ1) is 28.5. The predicted octanol–water partition coefficient (Wildman–Crippen LogP) is 0.0788. The van der Waals surface area contributed by atoms with Crippen LogP contribution in [0.1, 0.15) is 20.8 Å². The van der Waals surface area contributed by atoms with Gasteiger partial charge in [0, 0.05) is 19.8 Å². The van der Waals surface area contributed by atoms with Gasteiger partial charge in [-0.2, -0.15) is 0 Å². The third-order valence-corrected chi connectivity index (χ3v) is 2.06. The molecule has 0 aliphatic heterocycles. The average molecular weight is 358 g/mol. The Balaban J connectivity index is -0.000000282. The second-order valence-corrected chi connectivity index (χ2v) is 3.99. The Kier molecular flexibility index (Phi) is 40.5. The van der Waals surface area contributed by atoms with Gasteiger partial charge in [0.1, 0.15) is 0 Å². The predicted molar refractivity (Wildman–Crippen MR) is 92.4 cm³/mol. The van der Waals surface area contributed by atoms with E-state index < -0.39 is 0 Å². The summed E-state index contributed by atoms with van der Waals surface area (Å²) in [6, 6.07) is 0. The monoisotopic (exact) mass is 358 g/mol. The van der Waals surface area contributed by atoms with E-state index in [1.165, 1.54) is 0 Å². The van der Waals surface area contributed by atoms with Crippen molar-refractivity contribution in [3.63, 3.8) is 0 Å². The van der Waals surface area contributed by atoms with Gasteiger partial charge >= 0.3 is 0 Å². The van der Waals surface area contributed by atoms with Gasteiger partial charge < -0.3 is 39.0 Å². The summed E-state index contributed by atoms with van der Waals surface area (Å²) >= 11 is 0. The average Bonchev–Trinajstić information content (AvgIpc) is 2.61. The van der Waals surface area contributed by atoms with E-state index in [-0.39, 0.29) is 19.8 Å². The van der Waals surface area contributed by atoms with Crippen molar-refractivity contribution in [2.45, 2.75) is 20.8 Å². The molecule has 3 N–H and O–H groups in total. The van der Waals surface area contributed by atoms with Crippen LogP contribution in [0.4, 0.5) is 0 Å². The minimum atomic E-state index is 0.0894. The van der Waals surface area contributed by atoms with Crippen LogP contribution in [-0.4, -0.2) is 101 Å². The summed E-state index contributed by atoms with van der Waals surface area (Å²) in [7, 11) is 0. The number of ether oxygens (including phenoxy) is 5. The molecule has 0 spiro atoms. The summed E-state index contributed by atoms with van der Waals surface area (Å²) in [5, 5.41) is 24.6. The van der Waals surface area contributed by atoms with Crippen LogP contribution in [0.5, 0.6) is 0 Å². The lowest BCUT2D eigenvalue weighted by Gasteiger charge is -2.00. The van der Waals surface area contributed by atoms with Gasteiger partial charge in [-0.1, -0.05) is 0 Å². The Morgan fingerprint density at radius 2 is 0.667 bits per heavy atom. The molecule has 0 atom stereocenters. The largest absolute Gasteiger partial charge is 0.394 e. The van der Waals surface area contributed by atoms with E-state index in [0.29, 0.717) is 52.9 Å². The maximum absolute atomic E-state index is 8.26. The molecular weight excluding hydrogens is 320 g/mol. The zero-order valence-electron chi connectivity index (χ0n) is 15.6. The summed E-state index contributed by atoms with van der Waals surface area (Å²) in [4.78, 5) is 0. The molecule has 0 radical (unpaired) electrons. The molecule has 0 rings (SSSR count). The first-order valence-electron chi connectivity index (χ1n) is 8.46. The van der Waals surface area contributed by atoms with Crippen molar-refractivity contribution in [1.29, 1.82) is 0 Å². The van der Waals surface area contributed by atoms with Crippen LogP contribution < -0.4 is 0 Å². The van der Waals surface area contributed by atoms with Crippen LogP contribution >= 0.6 is 0 Å². The number of rotatable bonds is 15. The van der Waals surface area contributed by atoms with E-state index in [2.05, 4.69) is 0 Å². The standard InChI is InChI=1S/2C6H14O3.C4H10O2/c2*1-2-8-5-6-9-4-3-7;1-2-6-4-3-5/h2*7H,2-6H2,1H3;5H,2-4H2,1H3. The van der Waals surface area contributed by atoms with E-state index in [1.807, 2.05) is 20.8 Å². The van der Waals surface area contributed by atoms with Crippen molar-refractivity contribution in [2.75, 3.05) is 85.9 Å². The lowest BCUT2D eigenvalue weighted by atomic mass is 10.7. The highest BCUT2D eigenvalue weighted by molar-refractivity contribution is 4.28. The highest BCUT2D eigenvalue weighted by Crippen LogP contribution is 1.76. The molecule has 0 unspecified atom stereocenters. The van der Waals surface area contributed by atoms with Gasteiger partial charge in [-0.05, 0) is 20.8 Å². The summed E-state index contributed by atoms with van der Waals surface area (Å²) in [5.74, 6) is 0. The minimum Gasteiger partial charge on any atom is -0.394 e. The van der Waals surface area contributed by atoms with Gasteiger partial charge in [-0.15, -0.1) is 0 Å². The molecule has 0 saturated heterocycles. The van der Waals surface area contributed by atoms with E-state index in [1.54, 1.807) is 0 Å². The first-order valence-corrected chi connectivity index (χ1v) is 8.46. The highest BCUT2D eigenvalue weighted by Gasteiger charge is 1.85. The fraction of sp³-hybridized carbons (Fsp3) is 1.00. The molecule has 24 heavy (non-hydrogen) atoms. The molecule has 0 saturated carbocycles. The topological polar surface area (TPSA) is 107 Å². The molecule has 0 fully saturated rings. The van der Waals surface area contributed by atoms with Crippen LogP contribution in [0.2, 0.25) is 0 Å². The zero-order valence-corrected chi connectivity index (χ0v) is 15.6. The van der Waals surface area contributed by atoms with E-state index in [9.17, 15) is 0 Å². The maximum Gasteiger partial charge on any atom is 0.0701 e. The molecule has 0 aromatic rings. The molecular formula is C16H38O8. The van der Waals surface area contributed by atoms with Crippen LogP contribution in [0.3, 0.4) is 0 Å². The van der Waals surface area contributed by atoms with Gasteiger partial charge in [0.05, 0.1) is 66.1 Å². The number of hydrogen-bond donors (Lipinski definition) is 3. The Hall–Kier alpha value is -0.320. The molecule has 0 bridgehead atoms. The molecule has 0 amide bonds. The number of aliphatic hydroxyl groups is 3. The van der Waals surface area contributed by atoms with E-state index >= 15 is 0 Å². The lowest BCUT2D eigenvalue weighted by Crippen LogP contribution is -2.06. The third kappa shape index (κ3) is 43.0. The second-order valence-electron chi connectivity index (χ2n) is 3.99. The van der Waals surface area contributed by atoms with Gasteiger partial charge in [-0.3, -0.25) is 0 Å². The van der Waals surface area contributed by atoms with Crippen molar-refractivity contribution in [1.82, 2.24) is 0 Å². The molecule has 0 aromatic heterocycles. The Labute approximate surface area is 146 Å². The normalized spacial score (nSPS) is 9.75. The van der Waals surface area contributed by atoms with Gasteiger partial charge in [0.15, 0.2) is 0 Å². The molecule has 0 aromatic carbocycles. The van der Waals surface area contributed by atoms with Gasteiger partial charge in [-0.25, -0.2) is 0 Å². The first-order chi connectivity index (χ1) is 11.7. The van der Waals surface area contributed by atoms with Crippen molar-refractivity contribution >= 4 is 0 Å². The number of aliphatic hydroxyl groups excluding tert-OH is 3. The molecule has 8 heteroatoms. The van der Waals surface area contributed by atoms with Crippen molar-refractivity contribution in [3.8, 4) is 0 Å². The van der Waals surface area contributed by atoms with Crippen LogP contribution in [-0.2, 0) is 23.7 Å². The van der Waals surface area contributed by atoms with Crippen molar-refractivity contribution in [2.24, 2.45) is 0 Å². The maximum atomic E-state index is 8.26. The number of hydrogen-bond acceptors (Lipinski definition) is 8. The van der Waals surface area contributed by atoms with Crippen molar-refractivity contribution < 1.29 is 39.0 Å². The Bertz CT molecular complexity index is 142. The molecule has 0 aliphatic carbocycles. The fourth-order valence-electron chi connectivity index (χ4n) is 1.07. The van der Waals surface area contributed by atoms with Crippen molar-refractivity contribution in [3.05, 3.63) is 0 Å². The minimum absolute atomic E-state index is 0.0894. The zero-order chi connectivity index (χ0) is 18.7. The summed E-state index contributed by atoms with van der Waals surface area (Å²) in [6.45, 7) is 11.9. The Morgan fingerprint density at radius 1 is 0.417 bits per heavy atom. The molecule has 8 nitrogen and oxygen atoms in total. The van der Waals surface area contributed by atoms with Gasteiger partial charge in [0.2, 0.25) is 0 Å². The fourth-order valence-corrected chi connectivity index (χ4v) is 1.07. The summed E-state index contributed by atoms with van der Waals surface area (Å²) in [6.07, 6.45) is 0. The SMILES string of the molecule is CCOCCO.CCOCCOCCO.CCOCCOCCO. The quantitative estimate of drug-likeness (QED) is 0.353. The Morgan fingerprint density at radius 3 is 0.917 bits per heavy atom. The highest BCUT2D eigenvalue weighted by atomic mass is 16.5. The van der Waals surface area contributed by atoms with E-state index in [4.69, 9.17) is 39.0 Å². The lowest BCUT2D eigenvalue weighted by molar-refractivity contribution is 0.0370. The summed E-state index contributed by atoms with van der Waals surface area (Å²) < 4.78 is 24.5. The third-order valence-electron chi connectivity index (χ3n) is 2.06. The van der Waals surface area contributed by atoms with Crippen LogP contribution in [0.25, 0.3) is 0 Å². The summed E-state index contributed by atoms with van der Waals surface area (Å²) in [5.41, 5.74) is 0.